The Hall–Kier alpha value is -1.97. The van der Waals surface area contributed by atoms with Gasteiger partial charge < -0.3 is 0 Å². The quantitative estimate of drug-likeness (QED) is 0.774. The minimum absolute atomic E-state index is 0.438. The van der Waals surface area contributed by atoms with Crippen LogP contribution in [-0.2, 0) is 6.54 Å². The van der Waals surface area contributed by atoms with E-state index < -0.39 is 0 Å². The number of halogens is 1. The number of tetrazole rings is 1. The number of benzene rings is 1. The second-order valence-corrected chi connectivity index (χ2v) is 7.85. The third kappa shape index (κ3) is 3.89. The van der Waals surface area contributed by atoms with E-state index in [1.807, 2.05) is 6.07 Å². The molecule has 26 heavy (non-hydrogen) atoms. The molecule has 0 saturated heterocycles. The second-order valence-electron chi connectivity index (χ2n) is 7.45. The average Bonchev–Trinajstić information content (AvgIpc) is 3.38. The van der Waals surface area contributed by atoms with E-state index in [0.29, 0.717) is 16.6 Å². The first kappa shape index (κ1) is 17.4. The Bertz CT molecular complexity index is 801. The largest absolute Gasteiger partial charge is 0.293 e. The molecule has 0 aliphatic heterocycles. The highest BCUT2D eigenvalue weighted by Gasteiger charge is 2.30. The molecule has 0 spiro atoms. The molecular weight excluding hydrogens is 348 g/mol. The lowest BCUT2D eigenvalue weighted by molar-refractivity contribution is 0.137. The molecule has 0 amide bonds. The van der Waals surface area contributed by atoms with E-state index >= 15 is 0 Å². The summed E-state index contributed by atoms with van der Waals surface area (Å²) in [5.74, 6) is 1.66. The van der Waals surface area contributed by atoms with Crippen molar-refractivity contribution in [1.29, 1.82) is 5.26 Å². The molecule has 0 unspecified atom stereocenters. The summed E-state index contributed by atoms with van der Waals surface area (Å²) in [6.45, 7) is 1.89. The van der Waals surface area contributed by atoms with Crippen LogP contribution in [-0.4, -0.2) is 37.7 Å². The van der Waals surface area contributed by atoms with Crippen LogP contribution in [0.3, 0.4) is 0 Å². The minimum atomic E-state index is 0.438. The molecule has 1 aromatic heterocycles. The number of hydrogen-bond acceptors (Lipinski definition) is 5. The van der Waals surface area contributed by atoms with Crippen molar-refractivity contribution in [2.45, 2.75) is 57.5 Å². The molecule has 1 aromatic carbocycles. The normalized spacial score (nSPS) is 18.2. The van der Waals surface area contributed by atoms with Crippen LogP contribution in [0.4, 0.5) is 0 Å². The van der Waals surface area contributed by atoms with Gasteiger partial charge in [-0.1, -0.05) is 30.9 Å². The highest BCUT2D eigenvalue weighted by molar-refractivity contribution is 6.31. The zero-order valence-corrected chi connectivity index (χ0v) is 15.6. The first-order valence-electron chi connectivity index (χ1n) is 9.46. The lowest BCUT2D eigenvalue weighted by atomic mass is 9.94. The third-order valence-electron chi connectivity index (χ3n) is 5.47. The summed E-state index contributed by atoms with van der Waals surface area (Å²) in [7, 11) is 0. The van der Waals surface area contributed by atoms with Crippen LogP contribution in [0.2, 0.25) is 5.02 Å². The smallest absolute Gasteiger partial charge is 0.170 e. The van der Waals surface area contributed by atoms with Crippen LogP contribution < -0.4 is 0 Å². The average molecular weight is 371 g/mol. The Morgan fingerprint density at radius 2 is 2.00 bits per heavy atom. The molecule has 2 aliphatic rings. The van der Waals surface area contributed by atoms with E-state index in [1.165, 1.54) is 44.9 Å². The number of nitriles is 1. The number of aromatic nitrogens is 4. The first-order valence-corrected chi connectivity index (χ1v) is 9.83. The van der Waals surface area contributed by atoms with Crippen LogP contribution in [0.25, 0.3) is 5.69 Å². The molecule has 0 radical (unpaired) electrons. The summed E-state index contributed by atoms with van der Waals surface area (Å²) >= 11 is 6.06. The molecule has 7 heteroatoms. The van der Waals surface area contributed by atoms with Crippen LogP contribution in [0.1, 0.15) is 56.3 Å². The van der Waals surface area contributed by atoms with E-state index in [1.54, 1.807) is 16.8 Å². The fourth-order valence-corrected chi connectivity index (χ4v) is 4.00. The maximum atomic E-state index is 9.23. The lowest BCUT2D eigenvalue weighted by Gasteiger charge is -2.34. The van der Waals surface area contributed by atoms with Crippen LogP contribution in [0.5, 0.6) is 0 Å². The SMILES string of the molecule is N#Cc1cc(-n2nnnc2CN(CC2CC2)C2CCCCC2)ccc1Cl. The molecule has 2 aromatic rings. The maximum absolute atomic E-state index is 9.23. The predicted octanol–water partition coefficient (Wildman–Crippen LogP) is 3.73. The molecular formula is C19H23ClN6. The number of rotatable bonds is 6. The van der Waals surface area contributed by atoms with Crippen molar-refractivity contribution in [3.63, 3.8) is 0 Å². The van der Waals surface area contributed by atoms with Crippen molar-refractivity contribution in [1.82, 2.24) is 25.1 Å². The molecule has 2 saturated carbocycles. The van der Waals surface area contributed by atoms with Gasteiger partial charge in [-0.3, -0.25) is 4.90 Å². The van der Waals surface area contributed by atoms with Gasteiger partial charge in [0.2, 0.25) is 0 Å². The highest BCUT2D eigenvalue weighted by Crippen LogP contribution is 2.33. The molecule has 1 heterocycles. The Kier molecular flexibility index (Phi) is 5.18. The van der Waals surface area contributed by atoms with E-state index in [0.717, 1.165) is 30.5 Å². The van der Waals surface area contributed by atoms with Gasteiger partial charge in [0.05, 0.1) is 22.8 Å². The lowest BCUT2D eigenvalue weighted by Crippen LogP contribution is -2.38. The molecule has 2 fully saturated rings. The number of nitrogens with zero attached hydrogens (tertiary/aromatic N) is 6. The first-order chi connectivity index (χ1) is 12.7. The van der Waals surface area contributed by atoms with Gasteiger partial charge in [-0.25, -0.2) is 0 Å². The van der Waals surface area contributed by atoms with Crippen molar-refractivity contribution in [2.24, 2.45) is 5.92 Å². The summed E-state index contributed by atoms with van der Waals surface area (Å²) in [6, 6.07) is 8.08. The monoisotopic (exact) mass is 370 g/mol. The Balaban J connectivity index is 1.57. The van der Waals surface area contributed by atoms with Gasteiger partial charge in [0.15, 0.2) is 5.82 Å². The Morgan fingerprint density at radius 3 is 2.73 bits per heavy atom. The van der Waals surface area contributed by atoms with Crippen LogP contribution in [0.15, 0.2) is 18.2 Å². The van der Waals surface area contributed by atoms with Crippen LogP contribution in [0, 0.1) is 17.2 Å². The fraction of sp³-hybridized carbons (Fsp3) is 0.579. The third-order valence-corrected chi connectivity index (χ3v) is 5.80. The highest BCUT2D eigenvalue weighted by atomic mass is 35.5. The molecule has 0 atom stereocenters. The second kappa shape index (κ2) is 7.73. The zero-order chi connectivity index (χ0) is 17.9. The van der Waals surface area contributed by atoms with Gasteiger partial charge in [-0.2, -0.15) is 9.94 Å². The topological polar surface area (TPSA) is 70.6 Å². The van der Waals surface area contributed by atoms with E-state index in [-0.39, 0.29) is 0 Å². The molecule has 2 aliphatic carbocycles. The summed E-state index contributed by atoms with van der Waals surface area (Å²) in [4.78, 5) is 2.58. The standard InChI is InChI=1S/C19H23ClN6/c20-18-9-8-17(10-15(18)11-21)26-19(22-23-24-26)13-25(12-14-6-7-14)16-4-2-1-3-5-16/h8-10,14,16H,1-7,12-13H2. The summed E-state index contributed by atoms with van der Waals surface area (Å²) in [6.07, 6.45) is 9.22. The molecule has 6 nitrogen and oxygen atoms in total. The van der Waals surface area contributed by atoms with Crippen molar-refractivity contribution in [2.75, 3.05) is 6.54 Å². The molecule has 4 rings (SSSR count). The molecule has 0 bridgehead atoms. The summed E-state index contributed by atoms with van der Waals surface area (Å²) < 4.78 is 1.74. The Labute approximate surface area is 158 Å². The van der Waals surface area contributed by atoms with Crippen molar-refractivity contribution < 1.29 is 0 Å². The fourth-order valence-electron chi connectivity index (χ4n) is 3.84. The van der Waals surface area contributed by atoms with Gasteiger partial charge >= 0.3 is 0 Å². The van der Waals surface area contributed by atoms with Gasteiger partial charge in [-0.05, 0) is 60.2 Å². The Morgan fingerprint density at radius 1 is 1.19 bits per heavy atom. The minimum Gasteiger partial charge on any atom is -0.293 e. The molecule has 136 valence electrons. The van der Waals surface area contributed by atoms with Gasteiger partial charge in [-0.15, -0.1) is 5.10 Å². The van der Waals surface area contributed by atoms with Gasteiger partial charge in [0, 0.05) is 12.6 Å². The van der Waals surface area contributed by atoms with Crippen molar-refractivity contribution in [3.8, 4) is 11.8 Å². The zero-order valence-electron chi connectivity index (χ0n) is 14.8. The van der Waals surface area contributed by atoms with Crippen molar-refractivity contribution in [3.05, 3.63) is 34.6 Å². The van der Waals surface area contributed by atoms with Gasteiger partial charge in [0.25, 0.3) is 0 Å². The van der Waals surface area contributed by atoms with Gasteiger partial charge in [0.1, 0.15) is 6.07 Å². The number of hydrogen-bond donors (Lipinski definition) is 0. The van der Waals surface area contributed by atoms with E-state index in [4.69, 9.17) is 11.6 Å². The van der Waals surface area contributed by atoms with E-state index in [9.17, 15) is 5.26 Å². The molecule has 0 N–H and O–H groups in total. The summed E-state index contributed by atoms with van der Waals surface area (Å²) in [5.41, 5.74) is 1.22. The van der Waals surface area contributed by atoms with E-state index in [2.05, 4.69) is 26.5 Å². The summed E-state index contributed by atoms with van der Waals surface area (Å²) in [5, 5.41) is 22.0. The van der Waals surface area contributed by atoms with Crippen LogP contribution >= 0.6 is 11.6 Å². The predicted molar refractivity (Wildman–Crippen MR) is 98.9 cm³/mol. The van der Waals surface area contributed by atoms with Crippen molar-refractivity contribution >= 4 is 11.6 Å². The maximum Gasteiger partial charge on any atom is 0.170 e.